The Kier molecular flexibility index (Phi) is 19.2. The predicted octanol–water partition coefficient (Wildman–Crippen LogP) is 7.79. The Morgan fingerprint density at radius 1 is 0.797 bits per heavy atom. The minimum absolute atomic E-state index is 0.000799. The molecule has 0 radical (unpaired) electrons. The van der Waals surface area contributed by atoms with Crippen LogP contribution in [-0.2, 0) is 28.6 Å². The third-order valence-corrected chi connectivity index (χ3v) is 14.7. The van der Waals surface area contributed by atoms with Gasteiger partial charge in [-0.2, -0.15) is 5.10 Å². The van der Waals surface area contributed by atoms with Gasteiger partial charge in [-0.25, -0.2) is 9.69 Å². The van der Waals surface area contributed by atoms with Crippen molar-refractivity contribution in [1.29, 1.82) is 0 Å². The van der Waals surface area contributed by atoms with Crippen molar-refractivity contribution in [2.24, 2.45) is 10.7 Å². The summed E-state index contributed by atoms with van der Waals surface area (Å²) in [4.78, 5) is 61.1. The molecule has 0 spiro atoms. The van der Waals surface area contributed by atoms with Gasteiger partial charge in [0.2, 0.25) is 17.7 Å². The smallest absolute Gasteiger partial charge is 0.250 e. The van der Waals surface area contributed by atoms with Crippen molar-refractivity contribution in [1.82, 2.24) is 34.9 Å². The van der Waals surface area contributed by atoms with Crippen LogP contribution in [0.2, 0.25) is 10.0 Å². The highest BCUT2D eigenvalue weighted by molar-refractivity contribution is 6.30. The van der Waals surface area contributed by atoms with E-state index in [0.29, 0.717) is 97.5 Å². The van der Waals surface area contributed by atoms with Gasteiger partial charge in [0.05, 0.1) is 95.2 Å². The first kappa shape index (κ1) is 56.7. The molecule has 3 N–H and O–H groups in total. The van der Waals surface area contributed by atoms with E-state index >= 15 is 0 Å². The third-order valence-electron chi connectivity index (χ3n) is 14.2. The maximum absolute atomic E-state index is 14.0. The van der Waals surface area contributed by atoms with Crippen LogP contribution in [0.25, 0.3) is 16.6 Å². The highest BCUT2D eigenvalue weighted by Gasteiger charge is 2.45. The summed E-state index contributed by atoms with van der Waals surface area (Å²) >= 11 is 12.8. The quantitative estimate of drug-likeness (QED) is 0.0560. The second kappa shape index (κ2) is 26.7. The number of aromatic nitrogens is 2. The summed E-state index contributed by atoms with van der Waals surface area (Å²) in [5, 5.41) is 13.6. The molecule has 3 aliphatic heterocycles. The number of fused-ring (bicyclic) bond motifs is 1. The van der Waals surface area contributed by atoms with Crippen molar-refractivity contribution in [3.05, 3.63) is 153 Å². The largest absolute Gasteiger partial charge is 0.497 e. The van der Waals surface area contributed by atoms with Gasteiger partial charge in [-0.15, -0.1) is 0 Å². The van der Waals surface area contributed by atoms with Crippen LogP contribution >= 0.6 is 23.2 Å². The summed E-state index contributed by atoms with van der Waals surface area (Å²) in [7, 11) is 1.61. The fourth-order valence-corrected chi connectivity index (χ4v) is 10.5. The van der Waals surface area contributed by atoms with Crippen molar-refractivity contribution in [2.45, 2.75) is 57.2 Å². The number of hydrogen-bond donors (Lipinski definition) is 2. The molecule has 18 nitrogen and oxygen atoms in total. The molecule has 3 aliphatic rings. The number of nitrogens with one attached hydrogen (secondary N) is 1. The molecule has 2 saturated heterocycles. The van der Waals surface area contributed by atoms with Crippen LogP contribution in [0.3, 0.4) is 0 Å². The Labute approximate surface area is 470 Å². The summed E-state index contributed by atoms with van der Waals surface area (Å²) in [6.45, 7) is 8.12. The first-order valence-electron chi connectivity index (χ1n) is 26.8. The molecule has 4 amide bonds. The number of piperidine rings is 1. The molecule has 0 bridgehead atoms. The molecule has 416 valence electrons. The van der Waals surface area contributed by atoms with Crippen molar-refractivity contribution in [3.63, 3.8) is 0 Å². The Morgan fingerprint density at radius 3 is 2.16 bits per heavy atom. The minimum atomic E-state index is -0.513. The molecule has 3 atom stereocenters. The van der Waals surface area contributed by atoms with E-state index in [2.05, 4.69) is 27.6 Å². The fraction of sp³-hybridized carbons (Fsp3) is 0.390. The number of hydrogen-bond acceptors (Lipinski definition) is 13. The average Bonchev–Trinajstić information content (AvgIpc) is 4.22. The van der Waals surface area contributed by atoms with Crippen molar-refractivity contribution < 1.29 is 42.9 Å². The van der Waals surface area contributed by atoms with Crippen LogP contribution < -0.4 is 20.5 Å². The van der Waals surface area contributed by atoms with Gasteiger partial charge in [0.25, 0.3) is 5.91 Å². The van der Waals surface area contributed by atoms with Crippen molar-refractivity contribution in [2.75, 3.05) is 92.6 Å². The van der Waals surface area contributed by atoms with E-state index in [1.54, 1.807) is 28.8 Å². The number of piperazine rings is 1. The molecule has 4 heterocycles. The summed E-state index contributed by atoms with van der Waals surface area (Å²) < 4.78 is 30.8. The number of carbonyl (C=O) groups is 4. The normalized spacial score (nSPS) is 17.8. The van der Waals surface area contributed by atoms with Crippen LogP contribution in [-0.4, -0.2) is 158 Å². The third kappa shape index (κ3) is 14.2. The Balaban J connectivity index is 0.679. The van der Waals surface area contributed by atoms with Crippen LogP contribution in [0.5, 0.6) is 11.5 Å². The first-order chi connectivity index (χ1) is 38.3. The monoisotopic (exact) mass is 1120 g/mol. The number of likely N-dealkylation sites (tertiary alicyclic amines) is 1. The number of rotatable bonds is 24. The van der Waals surface area contributed by atoms with E-state index in [1.165, 1.54) is 0 Å². The lowest BCUT2D eigenvalue weighted by atomic mass is 9.90. The molecule has 6 aromatic rings. The number of amidine groups is 1. The van der Waals surface area contributed by atoms with E-state index in [0.717, 1.165) is 52.7 Å². The SMILES string of the molecule is COc1ccc(C2=N[C@@H](c3ccc(Cl)cc3)[C@@H](c3ccc(Cl)cc3)N2N2CCN(CC(=O)NCCOCCOCCOCCC(=O)N3CCC[C@H](c4ccc(-n5cc6cccc(C(N)=O)c6n5)cc4)C3)C(=O)C2)c(OC(C)C)c1. The van der Waals surface area contributed by atoms with Gasteiger partial charge in [0.15, 0.2) is 5.84 Å². The van der Waals surface area contributed by atoms with E-state index in [-0.39, 0.29) is 62.0 Å². The first-order valence-corrected chi connectivity index (χ1v) is 27.5. The van der Waals surface area contributed by atoms with E-state index in [1.807, 2.05) is 115 Å². The minimum Gasteiger partial charge on any atom is -0.497 e. The lowest BCUT2D eigenvalue weighted by Gasteiger charge is -2.43. The molecule has 0 unspecified atom stereocenters. The zero-order valence-corrected chi connectivity index (χ0v) is 46.2. The zero-order chi connectivity index (χ0) is 55.4. The number of ether oxygens (including phenoxy) is 5. The topological polar surface area (TPSA) is 196 Å². The van der Waals surface area contributed by atoms with Gasteiger partial charge in [0, 0.05) is 66.3 Å². The van der Waals surface area contributed by atoms with Gasteiger partial charge in [-0.05, 0) is 98.0 Å². The number of benzene rings is 5. The van der Waals surface area contributed by atoms with Crippen molar-refractivity contribution in [3.8, 4) is 17.2 Å². The highest BCUT2D eigenvalue weighted by atomic mass is 35.5. The highest BCUT2D eigenvalue weighted by Crippen LogP contribution is 2.46. The number of nitrogens with zero attached hydrogens (tertiary/aromatic N) is 7. The van der Waals surface area contributed by atoms with Gasteiger partial charge < -0.3 is 44.5 Å². The van der Waals surface area contributed by atoms with E-state index < -0.39 is 11.9 Å². The molecule has 9 rings (SSSR count). The number of primary amides is 1. The second-order valence-electron chi connectivity index (χ2n) is 19.9. The van der Waals surface area contributed by atoms with E-state index in [4.69, 9.17) is 57.6 Å². The average molecular weight is 1120 g/mol. The predicted molar refractivity (Wildman–Crippen MR) is 302 cm³/mol. The Morgan fingerprint density at radius 2 is 1.48 bits per heavy atom. The molecule has 79 heavy (non-hydrogen) atoms. The molecule has 20 heteroatoms. The van der Waals surface area contributed by atoms with Gasteiger partial charge >= 0.3 is 0 Å². The summed E-state index contributed by atoms with van der Waals surface area (Å²) in [5.74, 6) is 1.13. The van der Waals surface area contributed by atoms with Crippen molar-refractivity contribution >= 4 is 63.6 Å². The Bertz CT molecular complexity index is 3100. The number of carbonyl (C=O) groups excluding carboxylic acids is 4. The van der Waals surface area contributed by atoms with E-state index in [9.17, 15) is 19.2 Å². The number of halogens is 2. The lowest BCUT2D eigenvalue weighted by Crippen LogP contribution is -2.59. The van der Waals surface area contributed by atoms with Crippen LogP contribution in [0, 0.1) is 0 Å². The van der Waals surface area contributed by atoms with Gasteiger partial charge in [-0.3, -0.25) is 29.2 Å². The number of nitrogens with two attached hydrogens (primary N) is 1. The summed E-state index contributed by atoms with van der Waals surface area (Å²) in [5.41, 5.74) is 11.2. The Hall–Kier alpha value is -7.06. The molecular weight excluding hydrogens is 1050 g/mol. The lowest BCUT2D eigenvalue weighted by molar-refractivity contribution is -0.146. The van der Waals surface area contributed by atoms with Crippen LogP contribution in [0.15, 0.2) is 120 Å². The number of aliphatic imine (C=N–C) groups is 1. The maximum Gasteiger partial charge on any atom is 0.250 e. The molecule has 0 saturated carbocycles. The summed E-state index contributed by atoms with van der Waals surface area (Å²) in [6, 6.07) is 33.7. The maximum atomic E-state index is 14.0. The number of amides is 4. The van der Waals surface area contributed by atoms with Gasteiger partial charge in [0.1, 0.15) is 23.1 Å². The fourth-order valence-electron chi connectivity index (χ4n) is 10.2. The number of hydrazine groups is 1. The molecular formula is C59H67Cl2N9O9. The molecule has 1 aromatic heterocycles. The molecule has 0 aliphatic carbocycles. The second-order valence-corrected chi connectivity index (χ2v) is 20.8. The van der Waals surface area contributed by atoms with Gasteiger partial charge in [-0.1, -0.05) is 71.7 Å². The molecule has 2 fully saturated rings. The number of methoxy groups -OCH3 is 1. The van der Waals surface area contributed by atoms with Crippen LogP contribution in [0.4, 0.5) is 0 Å². The standard InChI is InChI=1S/C59H67Cl2N9O9/c1-39(2)79-51-34-48(75-3)21-22-49(51)59-64-56(41-9-15-45(60)16-10-41)57(42-11-17-46(61)18-12-42)70(59)68-27-26-67(54(73)38-68)37-52(71)63-24-29-77-31-33-78-32-30-76-28-23-53(72)66-25-5-7-43(35-66)40-13-19-47(20-14-40)69-36-44-6-4-8-50(58(62)74)55(44)65-69/h4,6,8-22,34,36,39,43,56-57H,5,7,23-33,35,37-38H2,1-3H3,(H2,62,74)(H,63,71)/t43-,56-,57+/m0/s1. The van der Waals surface area contributed by atoms with Crippen LogP contribution in [0.1, 0.15) is 83.7 Å². The summed E-state index contributed by atoms with van der Waals surface area (Å²) in [6.07, 6.45) is 3.94. The molecule has 5 aromatic carbocycles. The zero-order valence-electron chi connectivity index (χ0n) is 44.7.